The van der Waals surface area contributed by atoms with Crippen LogP contribution in [0, 0.1) is 6.42 Å². The molecule has 2 N–H and O–H groups in total. The third kappa shape index (κ3) is 2.31. The third-order valence-electron chi connectivity index (χ3n) is 5.17. The number of nitrogens with one attached hydrogen (secondary N) is 2. The molecule has 7 heteroatoms. The minimum atomic E-state index is -0.0649. The number of amides is 2. The number of benzene rings is 1. The van der Waals surface area contributed by atoms with E-state index in [9.17, 15) is 9.59 Å². The van der Waals surface area contributed by atoms with Crippen molar-refractivity contribution < 1.29 is 9.59 Å². The lowest BCUT2D eigenvalue weighted by molar-refractivity contribution is 0.0693. The first-order valence-corrected chi connectivity index (χ1v) is 8.75. The molecule has 2 aliphatic rings. The molecule has 2 amide bonds. The number of aromatic amines is 2. The van der Waals surface area contributed by atoms with Crippen LogP contribution in [0.25, 0.3) is 10.9 Å². The lowest BCUT2D eigenvalue weighted by Crippen LogP contribution is -2.43. The first-order chi connectivity index (χ1) is 12.7. The van der Waals surface area contributed by atoms with Gasteiger partial charge in [0.2, 0.25) is 0 Å². The SMILES string of the molecule is O=C(c1cc2ccccc2[nH]1)N1CCc2[nH]nc(C(=O)N3C[CH]C3)c2C1. The number of hydrogen-bond donors (Lipinski definition) is 2. The molecule has 1 saturated heterocycles. The molecule has 1 radical (unpaired) electrons. The zero-order valence-corrected chi connectivity index (χ0v) is 14.2. The van der Waals surface area contributed by atoms with Gasteiger partial charge >= 0.3 is 0 Å². The molecule has 0 unspecified atom stereocenters. The molecule has 1 aromatic carbocycles. The fraction of sp³-hybridized carbons (Fsp3) is 0.263. The van der Waals surface area contributed by atoms with Crippen molar-refractivity contribution >= 4 is 22.7 Å². The van der Waals surface area contributed by atoms with Crippen molar-refractivity contribution in [3.05, 3.63) is 59.4 Å². The molecule has 7 nitrogen and oxygen atoms in total. The van der Waals surface area contributed by atoms with E-state index in [0.717, 1.165) is 22.2 Å². The smallest absolute Gasteiger partial charge is 0.274 e. The number of carbonyl (C=O) groups is 2. The summed E-state index contributed by atoms with van der Waals surface area (Å²) in [6.45, 7) is 2.34. The molecule has 0 saturated carbocycles. The van der Waals surface area contributed by atoms with Crippen molar-refractivity contribution in [1.82, 2.24) is 25.0 Å². The summed E-state index contributed by atoms with van der Waals surface area (Å²) in [7, 11) is 0. The number of H-pyrrole nitrogens is 2. The van der Waals surface area contributed by atoms with Crippen LogP contribution in [0.15, 0.2) is 30.3 Å². The second-order valence-corrected chi connectivity index (χ2v) is 6.78. The van der Waals surface area contributed by atoms with Gasteiger partial charge in [-0.15, -0.1) is 0 Å². The van der Waals surface area contributed by atoms with Gasteiger partial charge in [0, 0.05) is 54.6 Å². The first-order valence-electron chi connectivity index (χ1n) is 8.75. The van der Waals surface area contributed by atoms with E-state index in [2.05, 4.69) is 15.2 Å². The highest BCUT2D eigenvalue weighted by Gasteiger charge is 2.32. The van der Waals surface area contributed by atoms with E-state index in [1.165, 1.54) is 0 Å². The van der Waals surface area contributed by atoms with Gasteiger partial charge in [0.05, 0.1) is 6.54 Å². The van der Waals surface area contributed by atoms with Gasteiger partial charge in [-0.2, -0.15) is 5.10 Å². The average molecular weight is 348 g/mol. The van der Waals surface area contributed by atoms with Gasteiger partial charge in [-0.1, -0.05) is 18.2 Å². The van der Waals surface area contributed by atoms with Crippen LogP contribution in [-0.2, 0) is 13.0 Å². The van der Waals surface area contributed by atoms with E-state index < -0.39 is 0 Å². The number of rotatable bonds is 2. The topological polar surface area (TPSA) is 85.1 Å². The Labute approximate surface area is 150 Å². The summed E-state index contributed by atoms with van der Waals surface area (Å²) in [6, 6.07) is 9.71. The molecule has 5 rings (SSSR count). The monoisotopic (exact) mass is 348 g/mol. The summed E-state index contributed by atoms with van der Waals surface area (Å²) in [4.78, 5) is 32.2. The van der Waals surface area contributed by atoms with Crippen molar-refractivity contribution in [1.29, 1.82) is 0 Å². The Morgan fingerprint density at radius 1 is 1.08 bits per heavy atom. The minimum Gasteiger partial charge on any atom is -0.351 e. The first kappa shape index (κ1) is 15.2. The average Bonchev–Trinajstić information content (AvgIpc) is 3.22. The van der Waals surface area contributed by atoms with Gasteiger partial charge in [-0.3, -0.25) is 14.7 Å². The fourth-order valence-corrected chi connectivity index (χ4v) is 3.58. The van der Waals surface area contributed by atoms with Crippen LogP contribution in [0.3, 0.4) is 0 Å². The molecule has 131 valence electrons. The second kappa shape index (κ2) is 5.72. The van der Waals surface area contributed by atoms with Gasteiger partial charge in [0.25, 0.3) is 11.8 Å². The van der Waals surface area contributed by atoms with Crippen molar-refractivity contribution in [3.8, 4) is 0 Å². The zero-order chi connectivity index (χ0) is 17.7. The number of hydrogen-bond acceptors (Lipinski definition) is 3. The molecule has 3 aromatic rings. The van der Waals surface area contributed by atoms with E-state index in [-0.39, 0.29) is 11.8 Å². The Hall–Kier alpha value is -3.09. The quantitative estimate of drug-likeness (QED) is 0.740. The maximum absolute atomic E-state index is 12.9. The number of likely N-dealkylation sites (tertiary alicyclic amines) is 1. The standard InChI is InChI=1S/C19H18N5O2/c25-18(16-10-12-4-1-2-5-14(12)20-16)24-9-6-15-13(11-24)17(22-21-15)19(26)23-7-3-8-23/h1-5,10,20H,6-9,11H2,(H,21,22). The molecular formula is C19H18N5O2. The molecule has 26 heavy (non-hydrogen) atoms. The van der Waals surface area contributed by atoms with Crippen molar-refractivity contribution in [2.75, 3.05) is 19.6 Å². The summed E-state index contributed by atoms with van der Waals surface area (Å²) >= 11 is 0. The molecule has 0 atom stereocenters. The predicted octanol–water partition coefficient (Wildman–Crippen LogP) is 1.75. The van der Waals surface area contributed by atoms with E-state index >= 15 is 0 Å². The number of carbonyl (C=O) groups excluding carboxylic acids is 2. The van der Waals surface area contributed by atoms with Crippen molar-refractivity contribution in [3.63, 3.8) is 0 Å². The van der Waals surface area contributed by atoms with E-state index in [4.69, 9.17) is 0 Å². The zero-order valence-electron chi connectivity index (χ0n) is 14.2. The van der Waals surface area contributed by atoms with E-state index in [1.54, 1.807) is 9.80 Å². The lowest BCUT2D eigenvalue weighted by atomic mass is 10.0. The Morgan fingerprint density at radius 2 is 1.92 bits per heavy atom. The summed E-state index contributed by atoms with van der Waals surface area (Å²) in [5.41, 5.74) is 3.77. The molecule has 1 fully saturated rings. The fourth-order valence-electron chi connectivity index (χ4n) is 3.58. The Morgan fingerprint density at radius 3 is 2.69 bits per heavy atom. The van der Waals surface area contributed by atoms with Crippen LogP contribution in [0.1, 0.15) is 32.2 Å². The number of fused-ring (bicyclic) bond motifs is 2. The lowest BCUT2D eigenvalue weighted by Gasteiger charge is -2.31. The Bertz CT molecular complexity index is 981. The van der Waals surface area contributed by atoms with Crippen LogP contribution in [0.2, 0.25) is 0 Å². The van der Waals surface area contributed by atoms with Crippen LogP contribution >= 0.6 is 0 Å². The number of aromatic nitrogens is 3. The van der Waals surface area contributed by atoms with Crippen LogP contribution < -0.4 is 0 Å². The summed E-state index contributed by atoms with van der Waals surface area (Å²) in [6.07, 6.45) is 2.72. The van der Waals surface area contributed by atoms with Gasteiger partial charge in [0.15, 0.2) is 5.69 Å². The maximum atomic E-state index is 12.9. The molecule has 0 aliphatic carbocycles. The van der Waals surface area contributed by atoms with Gasteiger partial charge < -0.3 is 14.8 Å². The van der Waals surface area contributed by atoms with Crippen LogP contribution in [0.5, 0.6) is 0 Å². The van der Waals surface area contributed by atoms with E-state index in [0.29, 0.717) is 44.0 Å². The highest BCUT2D eigenvalue weighted by Crippen LogP contribution is 2.25. The van der Waals surface area contributed by atoms with Crippen molar-refractivity contribution in [2.24, 2.45) is 0 Å². The maximum Gasteiger partial charge on any atom is 0.274 e. The molecule has 2 aromatic heterocycles. The molecule has 2 aliphatic heterocycles. The van der Waals surface area contributed by atoms with Crippen molar-refractivity contribution in [2.45, 2.75) is 13.0 Å². The Balaban J connectivity index is 1.41. The van der Waals surface area contributed by atoms with Gasteiger partial charge in [0.1, 0.15) is 5.69 Å². The molecule has 0 spiro atoms. The number of para-hydroxylation sites is 1. The normalized spacial score (nSPS) is 16.5. The largest absolute Gasteiger partial charge is 0.351 e. The van der Waals surface area contributed by atoms with Crippen LogP contribution in [-0.4, -0.2) is 56.4 Å². The highest BCUT2D eigenvalue weighted by molar-refractivity contribution is 5.99. The Kier molecular flexibility index (Phi) is 3.34. The van der Waals surface area contributed by atoms with Gasteiger partial charge in [-0.05, 0) is 12.1 Å². The van der Waals surface area contributed by atoms with Crippen LogP contribution in [0.4, 0.5) is 0 Å². The molecule has 0 bridgehead atoms. The molecule has 4 heterocycles. The number of nitrogens with zero attached hydrogens (tertiary/aromatic N) is 3. The molecular weight excluding hydrogens is 330 g/mol. The van der Waals surface area contributed by atoms with Gasteiger partial charge in [-0.25, -0.2) is 0 Å². The second-order valence-electron chi connectivity index (χ2n) is 6.78. The van der Waals surface area contributed by atoms with E-state index in [1.807, 2.05) is 36.8 Å². The summed E-state index contributed by atoms with van der Waals surface area (Å²) < 4.78 is 0. The predicted molar refractivity (Wildman–Crippen MR) is 95.5 cm³/mol. The summed E-state index contributed by atoms with van der Waals surface area (Å²) in [5.74, 6) is -0.117. The third-order valence-corrected chi connectivity index (χ3v) is 5.17. The highest BCUT2D eigenvalue weighted by atomic mass is 16.2. The summed E-state index contributed by atoms with van der Waals surface area (Å²) in [5, 5.41) is 8.22. The minimum absolute atomic E-state index is 0.0521.